The zero-order chi connectivity index (χ0) is 12.4. The van der Waals surface area contributed by atoms with Crippen molar-refractivity contribution in [1.29, 1.82) is 0 Å². The molecule has 0 aromatic heterocycles. The number of likely N-dealkylation sites (tertiary alicyclic amines) is 1. The minimum Gasteiger partial charge on any atom is -0.486 e. The summed E-state index contributed by atoms with van der Waals surface area (Å²) in [4.78, 5) is 13.5. The lowest BCUT2D eigenvalue weighted by Crippen LogP contribution is -2.44. The quantitative estimate of drug-likeness (QED) is 0.793. The number of benzene rings is 1. The van der Waals surface area contributed by atoms with Crippen molar-refractivity contribution in [1.82, 2.24) is 4.90 Å². The van der Waals surface area contributed by atoms with E-state index in [-0.39, 0.29) is 6.10 Å². The molecule has 0 radical (unpaired) electrons. The molecule has 0 amide bonds. The highest BCUT2D eigenvalue weighted by atomic mass is 16.6. The van der Waals surface area contributed by atoms with Crippen LogP contribution in [0.2, 0.25) is 0 Å². The number of ether oxygens (including phenoxy) is 2. The third-order valence-electron chi connectivity index (χ3n) is 3.44. The molecule has 1 aromatic carbocycles. The minimum atomic E-state index is 0.0631. The van der Waals surface area contributed by atoms with Gasteiger partial charge < -0.3 is 9.47 Å². The maximum absolute atomic E-state index is 11.2. The van der Waals surface area contributed by atoms with Crippen molar-refractivity contribution in [2.24, 2.45) is 0 Å². The van der Waals surface area contributed by atoms with E-state index < -0.39 is 0 Å². The molecule has 1 fully saturated rings. The fraction of sp³-hybridized carbons (Fsp3) is 0.500. The van der Waals surface area contributed by atoms with Crippen LogP contribution in [-0.2, 0) is 4.79 Å². The van der Waals surface area contributed by atoms with Crippen LogP contribution in [0.5, 0.6) is 11.5 Å². The molecule has 18 heavy (non-hydrogen) atoms. The van der Waals surface area contributed by atoms with Crippen LogP contribution in [0.15, 0.2) is 24.3 Å². The number of rotatable bonds is 2. The van der Waals surface area contributed by atoms with Gasteiger partial charge in [-0.15, -0.1) is 0 Å². The molecule has 96 valence electrons. The highest BCUT2D eigenvalue weighted by molar-refractivity contribution is 5.79. The first-order valence-corrected chi connectivity index (χ1v) is 6.44. The van der Waals surface area contributed by atoms with E-state index in [0.29, 0.717) is 25.2 Å². The van der Waals surface area contributed by atoms with E-state index in [1.807, 2.05) is 24.3 Å². The van der Waals surface area contributed by atoms with Crippen LogP contribution in [-0.4, -0.2) is 43.0 Å². The first-order valence-electron chi connectivity index (χ1n) is 6.44. The summed E-state index contributed by atoms with van der Waals surface area (Å²) in [5, 5.41) is 0. The van der Waals surface area contributed by atoms with E-state index in [2.05, 4.69) is 4.90 Å². The van der Waals surface area contributed by atoms with Crippen molar-refractivity contribution in [2.45, 2.75) is 18.9 Å². The van der Waals surface area contributed by atoms with Crippen molar-refractivity contribution in [3.63, 3.8) is 0 Å². The van der Waals surface area contributed by atoms with Gasteiger partial charge in [0.2, 0.25) is 0 Å². The monoisotopic (exact) mass is 247 g/mol. The Balaban J connectivity index is 1.58. The smallest absolute Gasteiger partial charge is 0.161 e. The number of hydrogen-bond acceptors (Lipinski definition) is 4. The Morgan fingerprint density at radius 3 is 2.67 bits per heavy atom. The van der Waals surface area contributed by atoms with Gasteiger partial charge >= 0.3 is 0 Å². The molecule has 0 bridgehead atoms. The average Bonchev–Trinajstić information content (AvgIpc) is 2.41. The van der Waals surface area contributed by atoms with Gasteiger partial charge in [-0.05, 0) is 12.1 Å². The summed E-state index contributed by atoms with van der Waals surface area (Å²) in [5.74, 6) is 2.02. The molecular formula is C14H17NO3. The highest BCUT2D eigenvalue weighted by Crippen LogP contribution is 2.31. The Bertz CT molecular complexity index is 436. The molecule has 0 saturated carbocycles. The molecule has 3 rings (SSSR count). The number of nitrogens with zero attached hydrogens (tertiary/aromatic N) is 1. The zero-order valence-electron chi connectivity index (χ0n) is 10.3. The lowest BCUT2D eigenvalue weighted by molar-refractivity contribution is -0.121. The zero-order valence-corrected chi connectivity index (χ0v) is 10.3. The SMILES string of the molecule is O=C1CCN(CC2COc3ccccc3O2)CC1. The highest BCUT2D eigenvalue weighted by Gasteiger charge is 2.25. The Labute approximate surface area is 106 Å². The van der Waals surface area contributed by atoms with Crippen LogP contribution in [0.3, 0.4) is 0 Å². The van der Waals surface area contributed by atoms with Gasteiger partial charge in [0.25, 0.3) is 0 Å². The molecular weight excluding hydrogens is 230 g/mol. The summed E-state index contributed by atoms with van der Waals surface area (Å²) >= 11 is 0. The van der Waals surface area contributed by atoms with Crippen LogP contribution in [0.4, 0.5) is 0 Å². The van der Waals surface area contributed by atoms with Crippen molar-refractivity contribution >= 4 is 5.78 Å². The first kappa shape index (κ1) is 11.5. The standard InChI is InChI=1S/C14H17NO3/c16-11-5-7-15(8-6-11)9-12-10-17-13-3-1-2-4-14(13)18-12/h1-4,12H,5-10H2. The molecule has 1 aromatic rings. The second-order valence-corrected chi connectivity index (χ2v) is 4.84. The molecule has 0 aliphatic carbocycles. The summed E-state index contributed by atoms with van der Waals surface area (Å²) in [6, 6.07) is 7.75. The molecule has 0 spiro atoms. The van der Waals surface area contributed by atoms with E-state index in [9.17, 15) is 4.79 Å². The predicted molar refractivity (Wildman–Crippen MR) is 67.0 cm³/mol. The number of carbonyl (C=O) groups excluding carboxylic acids is 1. The van der Waals surface area contributed by atoms with Crippen molar-refractivity contribution < 1.29 is 14.3 Å². The molecule has 2 heterocycles. The number of Topliss-reactive ketones (excluding diaryl/α,β-unsaturated/α-hetero) is 1. The number of ketones is 1. The van der Waals surface area contributed by atoms with Crippen molar-refractivity contribution in [2.75, 3.05) is 26.2 Å². The summed E-state index contributed by atoms with van der Waals surface area (Å²) in [5.41, 5.74) is 0. The van der Waals surface area contributed by atoms with E-state index in [1.165, 1.54) is 0 Å². The van der Waals surface area contributed by atoms with Gasteiger partial charge in [-0.1, -0.05) is 12.1 Å². The van der Waals surface area contributed by atoms with E-state index in [4.69, 9.17) is 9.47 Å². The molecule has 2 aliphatic heterocycles. The topological polar surface area (TPSA) is 38.8 Å². The van der Waals surface area contributed by atoms with Crippen LogP contribution >= 0.6 is 0 Å². The van der Waals surface area contributed by atoms with Gasteiger partial charge in [0.05, 0.1) is 0 Å². The molecule has 1 atom stereocenters. The summed E-state index contributed by atoms with van der Waals surface area (Å²) in [7, 11) is 0. The Hall–Kier alpha value is -1.55. The largest absolute Gasteiger partial charge is 0.486 e. The molecule has 4 heteroatoms. The van der Waals surface area contributed by atoms with Crippen LogP contribution in [0, 0.1) is 0 Å². The lowest BCUT2D eigenvalue weighted by Gasteiger charge is -2.32. The van der Waals surface area contributed by atoms with Gasteiger partial charge in [0.1, 0.15) is 18.5 Å². The molecule has 2 aliphatic rings. The van der Waals surface area contributed by atoms with E-state index >= 15 is 0 Å². The maximum Gasteiger partial charge on any atom is 0.161 e. The summed E-state index contributed by atoms with van der Waals surface area (Å²) in [6.45, 7) is 3.11. The van der Waals surface area contributed by atoms with E-state index in [0.717, 1.165) is 31.1 Å². The molecule has 4 nitrogen and oxygen atoms in total. The lowest BCUT2D eigenvalue weighted by atomic mass is 10.1. The third kappa shape index (κ3) is 2.48. The number of hydrogen-bond donors (Lipinski definition) is 0. The normalized spacial score (nSPS) is 24.0. The van der Waals surface area contributed by atoms with Gasteiger partial charge in [-0.2, -0.15) is 0 Å². The molecule has 0 N–H and O–H groups in total. The Kier molecular flexibility index (Phi) is 3.19. The maximum atomic E-state index is 11.2. The number of piperidine rings is 1. The summed E-state index contributed by atoms with van der Waals surface area (Å²) in [6.07, 6.45) is 1.40. The molecule has 1 unspecified atom stereocenters. The number of para-hydroxylation sites is 2. The first-order chi connectivity index (χ1) is 8.81. The van der Waals surface area contributed by atoms with Gasteiger partial charge in [0.15, 0.2) is 11.5 Å². The average molecular weight is 247 g/mol. The summed E-state index contributed by atoms with van der Waals surface area (Å²) < 4.78 is 11.6. The van der Waals surface area contributed by atoms with Gasteiger partial charge in [-0.25, -0.2) is 0 Å². The van der Waals surface area contributed by atoms with Crippen LogP contribution in [0.25, 0.3) is 0 Å². The Morgan fingerprint density at radius 1 is 1.17 bits per heavy atom. The van der Waals surface area contributed by atoms with E-state index in [1.54, 1.807) is 0 Å². The van der Waals surface area contributed by atoms with Crippen molar-refractivity contribution in [3.8, 4) is 11.5 Å². The van der Waals surface area contributed by atoms with Crippen molar-refractivity contribution in [3.05, 3.63) is 24.3 Å². The third-order valence-corrected chi connectivity index (χ3v) is 3.44. The van der Waals surface area contributed by atoms with Gasteiger partial charge in [-0.3, -0.25) is 9.69 Å². The Morgan fingerprint density at radius 2 is 1.89 bits per heavy atom. The minimum absolute atomic E-state index is 0.0631. The molecule has 1 saturated heterocycles. The van der Waals surface area contributed by atoms with Gasteiger partial charge in [0, 0.05) is 32.5 Å². The van der Waals surface area contributed by atoms with Crippen LogP contribution < -0.4 is 9.47 Å². The van der Waals surface area contributed by atoms with Crippen LogP contribution in [0.1, 0.15) is 12.8 Å². The fourth-order valence-electron chi connectivity index (χ4n) is 2.43. The predicted octanol–water partition coefficient (Wildman–Crippen LogP) is 1.49. The second kappa shape index (κ2) is 4.98. The number of carbonyl (C=O) groups is 1. The number of fused-ring (bicyclic) bond motifs is 1. The second-order valence-electron chi connectivity index (χ2n) is 4.84. The fourth-order valence-corrected chi connectivity index (χ4v) is 2.43.